The van der Waals surface area contributed by atoms with Crippen molar-refractivity contribution in [3.05, 3.63) is 35.7 Å². The fourth-order valence-corrected chi connectivity index (χ4v) is 0.823. The number of phenols is 1. The summed E-state index contributed by atoms with van der Waals surface area (Å²) in [6, 6.07) is 3.63. The number of carbonyl (C=O) groups excluding carboxylic acids is 1. The summed E-state index contributed by atoms with van der Waals surface area (Å²) in [6.45, 7) is 0. The third-order valence-electron chi connectivity index (χ3n) is 1.41. The summed E-state index contributed by atoms with van der Waals surface area (Å²) in [5.74, 6) is -1.40. The van der Waals surface area contributed by atoms with Crippen molar-refractivity contribution in [1.29, 1.82) is 0 Å². The first-order chi connectivity index (χ1) is 6.09. The highest BCUT2D eigenvalue weighted by molar-refractivity contribution is 5.90. The molecule has 0 saturated carbocycles. The average molecular weight is 181 g/mol. The predicted molar refractivity (Wildman–Crippen MR) is 46.3 cm³/mol. The molecule has 1 rings (SSSR count). The van der Waals surface area contributed by atoms with Crippen LogP contribution in [0.15, 0.2) is 24.3 Å². The zero-order chi connectivity index (χ0) is 9.84. The second-order valence-electron chi connectivity index (χ2n) is 2.44. The van der Waals surface area contributed by atoms with Gasteiger partial charge in [0.2, 0.25) is 5.91 Å². The van der Waals surface area contributed by atoms with E-state index in [4.69, 9.17) is 10.8 Å². The first-order valence-electron chi connectivity index (χ1n) is 3.55. The van der Waals surface area contributed by atoms with Crippen molar-refractivity contribution >= 4 is 12.0 Å². The topological polar surface area (TPSA) is 63.3 Å². The largest absolute Gasteiger partial charge is 0.508 e. The Morgan fingerprint density at radius 3 is 2.77 bits per heavy atom. The highest BCUT2D eigenvalue weighted by Crippen LogP contribution is 2.15. The van der Waals surface area contributed by atoms with Crippen molar-refractivity contribution in [3.63, 3.8) is 0 Å². The van der Waals surface area contributed by atoms with E-state index in [1.165, 1.54) is 18.2 Å². The number of aromatic hydroxyl groups is 1. The Kier molecular flexibility index (Phi) is 2.64. The average Bonchev–Trinajstić information content (AvgIpc) is 2.02. The van der Waals surface area contributed by atoms with Crippen molar-refractivity contribution in [2.75, 3.05) is 0 Å². The minimum atomic E-state index is -0.646. The molecular formula is C9H8FNO2. The number of phenolic OH excluding ortho intramolecular Hbond substituents is 1. The van der Waals surface area contributed by atoms with Gasteiger partial charge in [-0.05, 0) is 18.2 Å². The van der Waals surface area contributed by atoms with E-state index in [0.717, 1.165) is 12.1 Å². The third kappa shape index (κ3) is 2.59. The van der Waals surface area contributed by atoms with Crippen LogP contribution >= 0.6 is 0 Å². The van der Waals surface area contributed by atoms with E-state index in [-0.39, 0.29) is 11.3 Å². The Labute approximate surface area is 74.3 Å². The van der Waals surface area contributed by atoms with Crippen LogP contribution in [-0.2, 0) is 4.79 Å². The van der Waals surface area contributed by atoms with Crippen molar-refractivity contribution in [3.8, 4) is 5.75 Å². The van der Waals surface area contributed by atoms with Crippen LogP contribution in [0.5, 0.6) is 5.75 Å². The summed E-state index contributed by atoms with van der Waals surface area (Å²) in [5.41, 5.74) is 5.03. The van der Waals surface area contributed by atoms with Crippen LogP contribution in [0, 0.1) is 5.82 Å². The molecule has 0 aliphatic heterocycles. The molecular weight excluding hydrogens is 173 g/mol. The van der Waals surface area contributed by atoms with Gasteiger partial charge in [0.25, 0.3) is 0 Å². The Morgan fingerprint density at radius 2 is 2.23 bits per heavy atom. The summed E-state index contributed by atoms with van der Waals surface area (Å²) in [4.78, 5) is 10.3. The number of benzene rings is 1. The van der Waals surface area contributed by atoms with Gasteiger partial charge in [-0.3, -0.25) is 4.79 Å². The summed E-state index contributed by atoms with van der Waals surface area (Å²) in [6.07, 6.45) is 2.30. The minimum Gasteiger partial charge on any atom is -0.508 e. The lowest BCUT2D eigenvalue weighted by Crippen LogP contribution is -2.05. The maximum Gasteiger partial charge on any atom is 0.241 e. The molecule has 3 N–H and O–H groups in total. The first-order valence-corrected chi connectivity index (χ1v) is 3.55. The van der Waals surface area contributed by atoms with Gasteiger partial charge < -0.3 is 10.8 Å². The van der Waals surface area contributed by atoms with Crippen LogP contribution in [0.1, 0.15) is 5.56 Å². The normalized spacial score (nSPS) is 10.5. The standard InChI is InChI=1S/C9H8FNO2/c10-8-5-7(12)3-1-6(8)2-4-9(11)13/h1-5,12H,(H2,11,13). The maximum atomic E-state index is 12.9. The smallest absolute Gasteiger partial charge is 0.241 e. The first kappa shape index (κ1) is 9.25. The second kappa shape index (κ2) is 3.71. The van der Waals surface area contributed by atoms with Crippen LogP contribution in [0.4, 0.5) is 4.39 Å². The van der Waals surface area contributed by atoms with Gasteiger partial charge in [-0.2, -0.15) is 0 Å². The zero-order valence-corrected chi connectivity index (χ0v) is 6.70. The predicted octanol–water partition coefficient (Wildman–Crippen LogP) is 1.03. The number of amides is 1. The van der Waals surface area contributed by atoms with Gasteiger partial charge in [-0.25, -0.2) is 4.39 Å². The molecule has 0 heterocycles. The number of primary amides is 1. The molecule has 0 unspecified atom stereocenters. The van der Waals surface area contributed by atoms with E-state index in [1.54, 1.807) is 0 Å². The molecule has 68 valence electrons. The molecule has 1 aromatic carbocycles. The lowest BCUT2D eigenvalue weighted by Gasteiger charge is -1.96. The summed E-state index contributed by atoms with van der Waals surface area (Å²) in [7, 11) is 0. The van der Waals surface area contributed by atoms with Crippen LogP contribution in [-0.4, -0.2) is 11.0 Å². The Hall–Kier alpha value is -1.84. The van der Waals surface area contributed by atoms with Crippen LogP contribution in [0.25, 0.3) is 6.08 Å². The molecule has 1 amide bonds. The fraction of sp³-hybridized carbons (Fsp3) is 0. The van der Waals surface area contributed by atoms with Gasteiger partial charge in [0.15, 0.2) is 0 Å². The lowest BCUT2D eigenvalue weighted by atomic mass is 10.2. The molecule has 0 saturated heterocycles. The number of carbonyl (C=O) groups is 1. The second-order valence-corrected chi connectivity index (χ2v) is 2.44. The molecule has 0 atom stereocenters. The van der Waals surface area contributed by atoms with E-state index < -0.39 is 11.7 Å². The molecule has 3 nitrogen and oxygen atoms in total. The van der Waals surface area contributed by atoms with Crippen molar-refractivity contribution in [1.82, 2.24) is 0 Å². The summed E-state index contributed by atoms with van der Waals surface area (Å²) in [5, 5.41) is 8.86. The minimum absolute atomic E-state index is 0.159. The van der Waals surface area contributed by atoms with Crippen molar-refractivity contribution in [2.45, 2.75) is 0 Å². The van der Waals surface area contributed by atoms with E-state index in [2.05, 4.69) is 0 Å². The molecule has 0 bridgehead atoms. The van der Waals surface area contributed by atoms with E-state index in [0.29, 0.717) is 0 Å². The molecule has 0 fully saturated rings. The molecule has 0 spiro atoms. The number of halogens is 1. The monoisotopic (exact) mass is 181 g/mol. The zero-order valence-electron chi connectivity index (χ0n) is 6.70. The summed E-state index contributed by atoms with van der Waals surface area (Å²) >= 11 is 0. The van der Waals surface area contributed by atoms with E-state index >= 15 is 0 Å². The van der Waals surface area contributed by atoms with Gasteiger partial charge in [-0.1, -0.05) is 0 Å². The van der Waals surface area contributed by atoms with Gasteiger partial charge in [0.05, 0.1) is 0 Å². The Bertz CT molecular complexity index is 361. The van der Waals surface area contributed by atoms with Crippen LogP contribution in [0.3, 0.4) is 0 Å². The van der Waals surface area contributed by atoms with Gasteiger partial charge >= 0.3 is 0 Å². The Balaban J connectivity index is 2.96. The molecule has 4 heteroatoms. The number of hydrogen-bond donors (Lipinski definition) is 2. The van der Waals surface area contributed by atoms with Crippen LogP contribution in [0.2, 0.25) is 0 Å². The fourth-order valence-electron chi connectivity index (χ4n) is 0.823. The molecule has 0 aliphatic carbocycles. The van der Waals surface area contributed by atoms with Crippen LogP contribution < -0.4 is 5.73 Å². The molecule has 1 aromatic rings. The maximum absolute atomic E-state index is 12.9. The Morgan fingerprint density at radius 1 is 1.54 bits per heavy atom. The molecule has 0 aliphatic rings. The van der Waals surface area contributed by atoms with E-state index in [9.17, 15) is 9.18 Å². The van der Waals surface area contributed by atoms with Gasteiger partial charge in [-0.15, -0.1) is 0 Å². The lowest BCUT2D eigenvalue weighted by molar-refractivity contribution is -0.113. The van der Waals surface area contributed by atoms with E-state index in [1.807, 2.05) is 0 Å². The highest BCUT2D eigenvalue weighted by atomic mass is 19.1. The van der Waals surface area contributed by atoms with Gasteiger partial charge in [0.1, 0.15) is 11.6 Å². The quantitative estimate of drug-likeness (QED) is 0.669. The SMILES string of the molecule is NC(=O)C=Cc1ccc(O)cc1F. The van der Waals surface area contributed by atoms with Crippen molar-refractivity contribution < 1.29 is 14.3 Å². The summed E-state index contributed by atoms with van der Waals surface area (Å²) < 4.78 is 12.9. The number of hydrogen-bond acceptors (Lipinski definition) is 2. The molecule has 0 radical (unpaired) electrons. The highest BCUT2D eigenvalue weighted by Gasteiger charge is 1.99. The number of rotatable bonds is 2. The van der Waals surface area contributed by atoms with Crippen molar-refractivity contribution in [2.24, 2.45) is 5.73 Å². The molecule has 13 heavy (non-hydrogen) atoms. The molecule has 0 aromatic heterocycles. The third-order valence-corrected chi connectivity index (χ3v) is 1.41. The van der Waals surface area contributed by atoms with Gasteiger partial charge in [0, 0.05) is 17.7 Å². The number of nitrogens with two attached hydrogens (primary N) is 1.